The third kappa shape index (κ3) is 4.90. The van der Waals surface area contributed by atoms with E-state index in [2.05, 4.69) is 20.9 Å². The van der Waals surface area contributed by atoms with Gasteiger partial charge in [-0.3, -0.25) is 0 Å². The molecule has 6 nitrogen and oxygen atoms in total. The first-order chi connectivity index (χ1) is 17.3. The first kappa shape index (κ1) is 24.5. The monoisotopic (exact) mass is 601 g/mol. The highest BCUT2D eigenvalue weighted by molar-refractivity contribution is 9.10. The van der Waals surface area contributed by atoms with Gasteiger partial charge in [0, 0.05) is 30.7 Å². The lowest BCUT2D eigenvalue weighted by atomic mass is 10.1. The van der Waals surface area contributed by atoms with Crippen LogP contribution in [0.15, 0.2) is 75.8 Å². The largest absolute Gasteiger partial charge is 0.497 e. The summed E-state index contributed by atoms with van der Waals surface area (Å²) in [5, 5.41) is 1.55. The Hall–Kier alpha value is -3.17. The van der Waals surface area contributed by atoms with E-state index in [1.165, 1.54) is 17.4 Å². The van der Waals surface area contributed by atoms with Gasteiger partial charge in [-0.1, -0.05) is 45.2 Å². The maximum absolute atomic E-state index is 13.0. The van der Waals surface area contributed by atoms with Crippen molar-refractivity contribution in [3.05, 3.63) is 96.9 Å². The minimum Gasteiger partial charge on any atom is -0.497 e. The Morgan fingerprint density at radius 1 is 1.08 bits per heavy atom. The van der Waals surface area contributed by atoms with Gasteiger partial charge in [-0.15, -0.1) is 11.3 Å². The third-order valence-corrected chi connectivity index (χ3v) is 7.57. The van der Waals surface area contributed by atoms with Gasteiger partial charge in [0.15, 0.2) is 5.70 Å². The van der Waals surface area contributed by atoms with Crippen molar-refractivity contribution in [2.24, 2.45) is 4.99 Å². The minimum absolute atomic E-state index is 0.0609. The van der Waals surface area contributed by atoms with Crippen LogP contribution in [0.2, 0.25) is 10.0 Å². The molecule has 0 aliphatic carbocycles. The van der Waals surface area contributed by atoms with Gasteiger partial charge in [-0.05, 0) is 60.7 Å². The number of aliphatic imine (C=N–C) groups is 1. The number of halogens is 3. The average molecular weight is 603 g/mol. The van der Waals surface area contributed by atoms with Crippen LogP contribution in [0.1, 0.15) is 20.8 Å². The molecule has 1 aromatic heterocycles. The SMILES string of the molecule is COc1ccc(C2=N/C(=C/c3cc(Br)ccc3OC(=O)c3sc4cc(Cl)ccc4c3Cl)C(=O)O2)cc1. The van der Waals surface area contributed by atoms with Crippen molar-refractivity contribution < 1.29 is 23.8 Å². The first-order valence-electron chi connectivity index (χ1n) is 10.4. The zero-order valence-corrected chi connectivity index (χ0v) is 22.3. The fourth-order valence-corrected chi connectivity index (χ4v) is 5.49. The number of carbonyl (C=O) groups excluding carboxylic acids is 2. The van der Waals surface area contributed by atoms with E-state index in [1.807, 2.05) is 0 Å². The topological polar surface area (TPSA) is 74.2 Å². The number of esters is 2. The second kappa shape index (κ2) is 10.1. The Morgan fingerprint density at radius 3 is 2.61 bits per heavy atom. The summed E-state index contributed by atoms with van der Waals surface area (Å²) in [6, 6.07) is 17.2. The van der Waals surface area contributed by atoms with E-state index in [9.17, 15) is 9.59 Å². The van der Waals surface area contributed by atoms with E-state index in [0.717, 1.165) is 9.17 Å². The number of thiophene rings is 1. The lowest BCUT2D eigenvalue weighted by Crippen LogP contribution is -2.08. The molecule has 180 valence electrons. The molecule has 10 heteroatoms. The normalized spacial score (nSPS) is 14.2. The van der Waals surface area contributed by atoms with Gasteiger partial charge < -0.3 is 14.2 Å². The molecule has 4 aromatic rings. The molecule has 0 amide bonds. The summed E-state index contributed by atoms with van der Waals surface area (Å²) in [6.07, 6.45) is 1.50. The molecule has 0 N–H and O–H groups in total. The molecule has 0 bridgehead atoms. The van der Waals surface area contributed by atoms with Crippen LogP contribution in [0.5, 0.6) is 11.5 Å². The van der Waals surface area contributed by atoms with Gasteiger partial charge >= 0.3 is 11.9 Å². The van der Waals surface area contributed by atoms with Crippen LogP contribution < -0.4 is 9.47 Å². The van der Waals surface area contributed by atoms with E-state index in [4.69, 9.17) is 37.4 Å². The molecule has 0 saturated heterocycles. The van der Waals surface area contributed by atoms with Crippen molar-refractivity contribution in [2.45, 2.75) is 0 Å². The lowest BCUT2D eigenvalue weighted by molar-refractivity contribution is -0.129. The number of fused-ring (bicyclic) bond motifs is 1. The average Bonchev–Trinajstić information content (AvgIpc) is 3.39. The van der Waals surface area contributed by atoms with Crippen molar-refractivity contribution in [1.82, 2.24) is 0 Å². The third-order valence-electron chi connectivity index (χ3n) is 5.20. The van der Waals surface area contributed by atoms with Crippen LogP contribution in [-0.4, -0.2) is 24.9 Å². The van der Waals surface area contributed by atoms with Gasteiger partial charge in [-0.25, -0.2) is 14.6 Å². The number of methoxy groups -OCH3 is 1. The smallest absolute Gasteiger partial charge is 0.363 e. The van der Waals surface area contributed by atoms with Crippen LogP contribution in [0.4, 0.5) is 0 Å². The van der Waals surface area contributed by atoms with E-state index >= 15 is 0 Å². The number of ether oxygens (including phenoxy) is 3. The molecule has 0 fully saturated rings. The Kier molecular flexibility index (Phi) is 6.85. The van der Waals surface area contributed by atoms with Crippen molar-refractivity contribution >= 4 is 84.5 Å². The van der Waals surface area contributed by atoms with Crippen molar-refractivity contribution in [1.29, 1.82) is 0 Å². The Balaban J connectivity index is 1.46. The Bertz CT molecular complexity index is 1590. The maximum Gasteiger partial charge on any atom is 0.363 e. The fraction of sp³-hybridized carbons (Fsp3) is 0.0385. The summed E-state index contributed by atoms with van der Waals surface area (Å²) in [4.78, 5) is 30.1. The molecule has 5 rings (SSSR count). The predicted molar refractivity (Wildman–Crippen MR) is 145 cm³/mol. The van der Waals surface area contributed by atoms with Crippen LogP contribution in [-0.2, 0) is 9.53 Å². The second-order valence-corrected chi connectivity index (χ2v) is 10.3. The summed E-state index contributed by atoms with van der Waals surface area (Å²) < 4.78 is 17.7. The molecule has 2 heterocycles. The molecule has 0 unspecified atom stereocenters. The summed E-state index contributed by atoms with van der Waals surface area (Å²) in [7, 11) is 1.57. The van der Waals surface area contributed by atoms with Gasteiger partial charge in [0.25, 0.3) is 0 Å². The van der Waals surface area contributed by atoms with E-state index in [-0.39, 0.29) is 22.2 Å². The molecular formula is C26H14BrCl2NO5S. The lowest BCUT2D eigenvalue weighted by Gasteiger charge is -2.08. The summed E-state index contributed by atoms with van der Waals surface area (Å²) in [6.45, 7) is 0. The Morgan fingerprint density at radius 2 is 1.86 bits per heavy atom. The second-order valence-electron chi connectivity index (χ2n) is 7.52. The molecule has 0 radical (unpaired) electrons. The highest BCUT2D eigenvalue weighted by atomic mass is 79.9. The molecule has 0 atom stereocenters. The summed E-state index contributed by atoms with van der Waals surface area (Å²) in [5.74, 6) is -0.193. The number of rotatable bonds is 5. The maximum atomic E-state index is 13.0. The highest BCUT2D eigenvalue weighted by Crippen LogP contribution is 2.38. The summed E-state index contributed by atoms with van der Waals surface area (Å²) >= 11 is 17.1. The summed E-state index contributed by atoms with van der Waals surface area (Å²) in [5.41, 5.74) is 1.13. The molecule has 1 aliphatic rings. The number of hydrogen-bond donors (Lipinski definition) is 0. The number of cyclic esters (lactones) is 1. The van der Waals surface area contributed by atoms with Crippen molar-refractivity contribution in [2.75, 3.05) is 7.11 Å². The molecular weight excluding hydrogens is 589 g/mol. The first-order valence-corrected chi connectivity index (χ1v) is 12.7. The predicted octanol–water partition coefficient (Wildman–Crippen LogP) is 7.54. The van der Waals surface area contributed by atoms with E-state index in [1.54, 1.807) is 67.8 Å². The zero-order chi connectivity index (χ0) is 25.4. The van der Waals surface area contributed by atoms with Crippen molar-refractivity contribution in [3.8, 4) is 11.5 Å². The fourth-order valence-electron chi connectivity index (χ4n) is 3.46. The Labute approximate surface area is 227 Å². The van der Waals surface area contributed by atoms with Crippen LogP contribution in [0, 0.1) is 0 Å². The van der Waals surface area contributed by atoms with Crippen molar-refractivity contribution in [3.63, 3.8) is 0 Å². The molecule has 0 saturated carbocycles. The van der Waals surface area contributed by atoms with Crippen LogP contribution in [0.3, 0.4) is 0 Å². The van der Waals surface area contributed by atoms with Gasteiger partial charge in [0.1, 0.15) is 16.4 Å². The minimum atomic E-state index is -0.629. The highest BCUT2D eigenvalue weighted by Gasteiger charge is 2.25. The van der Waals surface area contributed by atoms with Gasteiger partial charge in [0.05, 0.1) is 12.1 Å². The van der Waals surface area contributed by atoms with Crippen LogP contribution >= 0.6 is 50.5 Å². The standard InChI is InChI=1S/C26H14BrCl2NO5S/c1-33-17-6-2-13(3-7-17)24-30-19(25(31)35-24)11-14-10-15(27)4-9-20(14)34-26(32)23-22(29)18-8-5-16(28)12-21(18)36-23/h2-12H,1H3/b19-11+. The zero-order valence-electron chi connectivity index (χ0n) is 18.4. The number of hydrogen-bond acceptors (Lipinski definition) is 7. The molecule has 36 heavy (non-hydrogen) atoms. The van der Waals surface area contributed by atoms with Gasteiger partial charge in [0.2, 0.25) is 5.90 Å². The number of benzene rings is 3. The quantitative estimate of drug-likeness (QED) is 0.134. The van der Waals surface area contributed by atoms with Gasteiger partial charge in [-0.2, -0.15) is 0 Å². The molecule has 0 spiro atoms. The van der Waals surface area contributed by atoms with E-state index in [0.29, 0.717) is 32.3 Å². The number of nitrogens with zero attached hydrogens (tertiary/aromatic N) is 1. The number of carbonyl (C=O) groups is 2. The molecule has 3 aromatic carbocycles. The van der Waals surface area contributed by atoms with Crippen LogP contribution in [0.25, 0.3) is 16.2 Å². The van der Waals surface area contributed by atoms with E-state index < -0.39 is 11.9 Å². The molecule has 1 aliphatic heterocycles.